The summed E-state index contributed by atoms with van der Waals surface area (Å²) in [6.07, 6.45) is 5.56. The van der Waals surface area contributed by atoms with Crippen molar-refractivity contribution in [1.29, 1.82) is 0 Å². The van der Waals surface area contributed by atoms with E-state index in [1.54, 1.807) is 12.4 Å². The van der Waals surface area contributed by atoms with Crippen molar-refractivity contribution in [1.82, 2.24) is 15.2 Å². The molecule has 1 saturated heterocycles. The Morgan fingerprint density at radius 1 is 1.20 bits per heavy atom. The minimum absolute atomic E-state index is 0. The summed E-state index contributed by atoms with van der Waals surface area (Å²) in [6.45, 7) is 1.56. The average Bonchev–Trinajstić information content (AvgIpc) is 2.62. The molecule has 1 aliphatic rings. The lowest BCUT2D eigenvalue weighted by molar-refractivity contribution is 0.0698. The number of hydrogen-bond acceptors (Lipinski definition) is 3. The van der Waals surface area contributed by atoms with E-state index in [9.17, 15) is 4.79 Å². The summed E-state index contributed by atoms with van der Waals surface area (Å²) in [6, 6.07) is 9.83. The predicted octanol–water partition coefficient (Wildman–Crippen LogP) is 4.07. The number of aromatic nitrogens is 1. The van der Waals surface area contributed by atoms with Gasteiger partial charge in [0.05, 0.1) is 5.56 Å². The maximum atomic E-state index is 12.7. The lowest BCUT2D eigenvalue weighted by atomic mass is 10.0. The van der Waals surface area contributed by atoms with E-state index in [1.165, 1.54) is 0 Å². The third-order valence-electron chi connectivity index (χ3n) is 4.28. The molecule has 1 fully saturated rings. The summed E-state index contributed by atoms with van der Waals surface area (Å²) in [5.41, 5.74) is 2.56. The van der Waals surface area contributed by atoms with Crippen molar-refractivity contribution in [2.24, 2.45) is 0 Å². The molecule has 0 radical (unpaired) electrons. The van der Waals surface area contributed by atoms with Gasteiger partial charge in [0.1, 0.15) is 0 Å². The summed E-state index contributed by atoms with van der Waals surface area (Å²) < 4.78 is 0. The quantitative estimate of drug-likeness (QED) is 0.841. The maximum Gasteiger partial charge on any atom is 0.255 e. The highest BCUT2D eigenvalue weighted by Gasteiger charge is 2.23. The fourth-order valence-electron chi connectivity index (χ4n) is 2.94. The first kappa shape index (κ1) is 21.7. The van der Waals surface area contributed by atoms with Crippen molar-refractivity contribution >= 4 is 42.3 Å². The number of rotatable bonds is 3. The Labute approximate surface area is 165 Å². The Balaban J connectivity index is 0.00000156. The number of pyridine rings is 1. The number of piperidine rings is 1. The molecule has 1 aromatic carbocycles. The second-order valence-corrected chi connectivity index (χ2v) is 6.28. The molecule has 2 aromatic rings. The lowest BCUT2D eigenvalue weighted by Gasteiger charge is -2.32. The molecule has 1 atom stereocenters. The molecule has 4 nitrogen and oxygen atoms in total. The molecule has 136 valence electrons. The summed E-state index contributed by atoms with van der Waals surface area (Å²) in [4.78, 5) is 18.9. The van der Waals surface area contributed by atoms with Crippen LogP contribution in [-0.4, -0.2) is 42.0 Å². The topological polar surface area (TPSA) is 45.2 Å². The summed E-state index contributed by atoms with van der Waals surface area (Å²) in [5, 5.41) is 3.96. The molecular weight excluding hydrogens is 381 g/mol. The average molecular weight is 403 g/mol. The zero-order valence-corrected chi connectivity index (χ0v) is 16.3. The van der Waals surface area contributed by atoms with Gasteiger partial charge in [-0.3, -0.25) is 9.78 Å². The van der Waals surface area contributed by atoms with E-state index in [0.29, 0.717) is 16.6 Å². The molecule has 1 N–H and O–H groups in total. The second kappa shape index (κ2) is 9.97. The van der Waals surface area contributed by atoms with Crippen LogP contribution in [0.4, 0.5) is 0 Å². The largest absolute Gasteiger partial charge is 0.337 e. The van der Waals surface area contributed by atoms with Crippen molar-refractivity contribution in [2.45, 2.75) is 18.9 Å². The SMILES string of the molecule is CNC1CCCN(C(=O)c2cncc(-c3ccc(Cl)cc3)c2)C1.Cl.Cl. The molecule has 7 heteroatoms. The molecule has 1 unspecified atom stereocenters. The molecule has 1 aromatic heterocycles. The van der Waals surface area contributed by atoms with E-state index >= 15 is 0 Å². The van der Waals surface area contributed by atoms with Crippen LogP contribution in [0, 0.1) is 0 Å². The number of likely N-dealkylation sites (N-methyl/N-ethyl adjacent to an activating group) is 1. The summed E-state index contributed by atoms with van der Waals surface area (Å²) >= 11 is 5.93. The Morgan fingerprint density at radius 3 is 2.60 bits per heavy atom. The van der Waals surface area contributed by atoms with Crippen molar-refractivity contribution in [3.63, 3.8) is 0 Å². The third kappa shape index (κ3) is 5.32. The van der Waals surface area contributed by atoms with Gasteiger partial charge in [0.2, 0.25) is 0 Å². The van der Waals surface area contributed by atoms with Gasteiger partial charge in [0.25, 0.3) is 5.91 Å². The number of halogens is 3. The molecule has 1 aliphatic heterocycles. The number of carbonyl (C=O) groups is 1. The highest BCUT2D eigenvalue weighted by atomic mass is 35.5. The van der Waals surface area contributed by atoms with E-state index in [4.69, 9.17) is 11.6 Å². The van der Waals surface area contributed by atoms with Crippen LogP contribution in [0.25, 0.3) is 11.1 Å². The molecule has 3 rings (SSSR count). The molecule has 0 bridgehead atoms. The smallest absolute Gasteiger partial charge is 0.255 e. The van der Waals surface area contributed by atoms with Crippen LogP contribution in [0.15, 0.2) is 42.7 Å². The minimum Gasteiger partial charge on any atom is -0.337 e. The van der Waals surface area contributed by atoms with Gasteiger partial charge in [-0.25, -0.2) is 0 Å². The molecular formula is C18H22Cl3N3O. The van der Waals surface area contributed by atoms with Gasteiger partial charge < -0.3 is 10.2 Å². The normalized spacial score (nSPS) is 16.6. The van der Waals surface area contributed by atoms with Crippen molar-refractivity contribution in [3.8, 4) is 11.1 Å². The van der Waals surface area contributed by atoms with E-state index in [-0.39, 0.29) is 30.7 Å². The van der Waals surface area contributed by atoms with E-state index < -0.39 is 0 Å². The first-order chi connectivity index (χ1) is 11.2. The number of nitrogens with one attached hydrogen (secondary N) is 1. The molecule has 25 heavy (non-hydrogen) atoms. The second-order valence-electron chi connectivity index (χ2n) is 5.85. The zero-order valence-electron chi connectivity index (χ0n) is 13.9. The van der Waals surface area contributed by atoms with Crippen LogP contribution in [0.1, 0.15) is 23.2 Å². The Bertz CT molecular complexity index is 694. The number of hydrogen-bond donors (Lipinski definition) is 1. The van der Waals surface area contributed by atoms with Crippen LogP contribution in [-0.2, 0) is 0 Å². The first-order valence-electron chi connectivity index (χ1n) is 7.85. The Kier molecular flexibility index (Phi) is 8.66. The molecule has 2 heterocycles. The van der Waals surface area contributed by atoms with Gasteiger partial charge in [0.15, 0.2) is 0 Å². The number of likely N-dealkylation sites (tertiary alicyclic amines) is 1. The molecule has 0 aliphatic carbocycles. The van der Waals surface area contributed by atoms with Crippen molar-refractivity contribution < 1.29 is 4.79 Å². The predicted molar refractivity (Wildman–Crippen MR) is 107 cm³/mol. The van der Waals surface area contributed by atoms with Gasteiger partial charge in [0, 0.05) is 42.1 Å². The standard InChI is InChI=1S/C18H20ClN3O.2ClH/c1-20-17-3-2-8-22(12-17)18(23)15-9-14(10-21-11-15)13-4-6-16(19)7-5-13;;/h4-7,9-11,17,20H,2-3,8,12H2,1H3;2*1H. The fraction of sp³-hybridized carbons (Fsp3) is 0.333. The van der Waals surface area contributed by atoms with Gasteiger partial charge in [-0.1, -0.05) is 23.7 Å². The van der Waals surface area contributed by atoms with Gasteiger partial charge in [-0.15, -0.1) is 24.8 Å². The number of nitrogens with zero attached hydrogens (tertiary/aromatic N) is 2. The molecule has 1 amide bonds. The number of benzene rings is 1. The highest BCUT2D eigenvalue weighted by Crippen LogP contribution is 2.22. The molecule has 0 saturated carbocycles. The van der Waals surface area contributed by atoms with Crippen molar-refractivity contribution in [3.05, 3.63) is 53.3 Å². The number of amides is 1. The first-order valence-corrected chi connectivity index (χ1v) is 8.22. The van der Waals surface area contributed by atoms with Crippen LogP contribution in [0.5, 0.6) is 0 Å². The van der Waals surface area contributed by atoms with Crippen LogP contribution in [0.2, 0.25) is 5.02 Å². The Morgan fingerprint density at radius 2 is 1.92 bits per heavy atom. The molecule has 0 spiro atoms. The van der Waals surface area contributed by atoms with Crippen LogP contribution in [0.3, 0.4) is 0 Å². The Hall–Kier alpha value is -1.33. The number of carbonyl (C=O) groups excluding carboxylic acids is 1. The monoisotopic (exact) mass is 401 g/mol. The zero-order chi connectivity index (χ0) is 16.2. The van der Waals surface area contributed by atoms with E-state index in [1.807, 2.05) is 42.3 Å². The van der Waals surface area contributed by atoms with Crippen LogP contribution < -0.4 is 5.32 Å². The maximum absolute atomic E-state index is 12.7. The highest BCUT2D eigenvalue weighted by molar-refractivity contribution is 6.30. The lowest BCUT2D eigenvalue weighted by Crippen LogP contribution is -2.47. The van der Waals surface area contributed by atoms with E-state index in [2.05, 4.69) is 10.3 Å². The van der Waals surface area contributed by atoms with E-state index in [0.717, 1.165) is 37.1 Å². The minimum atomic E-state index is 0. The summed E-state index contributed by atoms with van der Waals surface area (Å²) in [5.74, 6) is 0.0493. The van der Waals surface area contributed by atoms with Crippen molar-refractivity contribution in [2.75, 3.05) is 20.1 Å². The third-order valence-corrected chi connectivity index (χ3v) is 4.53. The van der Waals surface area contributed by atoms with Gasteiger partial charge in [-0.05, 0) is 43.7 Å². The van der Waals surface area contributed by atoms with Gasteiger partial charge in [-0.2, -0.15) is 0 Å². The van der Waals surface area contributed by atoms with Gasteiger partial charge >= 0.3 is 0 Å². The summed E-state index contributed by atoms with van der Waals surface area (Å²) in [7, 11) is 1.95. The fourth-order valence-corrected chi connectivity index (χ4v) is 3.06. The van der Waals surface area contributed by atoms with Crippen LogP contribution >= 0.6 is 36.4 Å².